The van der Waals surface area contributed by atoms with Crippen LogP contribution in [0.2, 0.25) is 0 Å². The van der Waals surface area contributed by atoms with Gasteiger partial charge in [-0.3, -0.25) is 0 Å². The third-order valence-electron chi connectivity index (χ3n) is 2.14. The number of hydrogen-bond donors (Lipinski definition) is 1. The minimum atomic E-state index is -2.68. The average molecular weight is 165 g/mol. The van der Waals surface area contributed by atoms with Gasteiger partial charge in [0, 0.05) is 17.9 Å². The van der Waals surface area contributed by atoms with Crippen LogP contribution in [0.4, 0.5) is 8.78 Å². The minimum absolute atomic E-state index is 0.0121. The van der Waals surface area contributed by atoms with Crippen LogP contribution < -0.4 is 5.73 Å². The molecule has 3 heteroatoms. The zero-order chi connectivity index (χ0) is 9.28. The third kappa shape index (κ3) is 1.89. The summed E-state index contributed by atoms with van der Waals surface area (Å²) in [5.41, 5.74) is 4.15. The van der Waals surface area contributed by atoms with Gasteiger partial charge in [-0.1, -0.05) is 27.7 Å². The van der Waals surface area contributed by atoms with E-state index in [-0.39, 0.29) is 6.54 Å². The van der Waals surface area contributed by atoms with Crippen molar-refractivity contribution in [1.29, 1.82) is 0 Å². The maximum atomic E-state index is 13.2. The lowest BCUT2D eigenvalue weighted by Gasteiger charge is -2.35. The molecule has 0 aliphatic heterocycles. The Morgan fingerprint density at radius 1 is 1.27 bits per heavy atom. The number of nitrogens with two attached hydrogens (primary N) is 1. The van der Waals surface area contributed by atoms with Crippen LogP contribution in [0.1, 0.15) is 27.7 Å². The van der Waals surface area contributed by atoms with E-state index >= 15 is 0 Å². The van der Waals surface area contributed by atoms with E-state index in [4.69, 9.17) is 5.73 Å². The summed E-state index contributed by atoms with van der Waals surface area (Å²) < 4.78 is 26.5. The Labute approximate surface area is 67.0 Å². The van der Waals surface area contributed by atoms with Gasteiger partial charge >= 0.3 is 0 Å². The fourth-order valence-corrected chi connectivity index (χ4v) is 0.918. The molecule has 0 heterocycles. The quantitative estimate of drug-likeness (QED) is 0.682. The van der Waals surface area contributed by atoms with Crippen molar-refractivity contribution >= 4 is 0 Å². The van der Waals surface area contributed by atoms with Gasteiger partial charge in [-0.25, -0.2) is 8.78 Å². The summed E-state index contributed by atoms with van der Waals surface area (Å²) in [6.07, 6.45) is 0. The Morgan fingerprint density at radius 3 is 1.73 bits per heavy atom. The first kappa shape index (κ1) is 10.8. The highest BCUT2D eigenvalue weighted by Crippen LogP contribution is 2.40. The molecule has 0 rings (SSSR count). The molecule has 2 N–H and O–H groups in total. The van der Waals surface area contributed by atoms with Crippen molar-refractivity contribution in [3.05, 3.63) is 0 Å². The van der Waals surface area contributed by atoms with E-state index in [0.29, 0.717) is 0 Å². The van der Waals surface area contributed by atoms with E-state index in [0.717, 1.165) is 0 Å². The van der Waals surface area contributed by atoms with E-state index in [1.165, 1.54) is 27.7 Å². The van der Waals surface area contributed by atoms with E-state index in [1.807, 2.05) is 0 Å². The maximum absolute atomic E-state index is 13.2. The van der Waals surface area contributed by atoms with Crippen LogP contribution in [-0.4, -0.2) is 12.5 Å². The molecule has 0 aliphatic rings. The Bertz CT molecular complexity index is 130. The van der Waals surface area contributed by atoms with Gasteiger partial charge in [-0.15, -0.1) is 0 Å². The van der Waals surface area contributed by atoms with E-state index in [2.05, 4.69) is 0 Å². The highest BCUT2D eigenvalue weighted by molar-refractivity contribution is 4.88. The normalized spacial score (nSPS) is 14.2. The molecule has 0 bridgehead atoms. The van der Waals surface area contributed by atoms with E-state index in [1.54, 1.807) is 0 Å². The predicted molar refractivity (Wildman–Crippen MR) is 42.6 cm³/mol. The van der Waals surface area contributed by atoms with Gasteiger partial charge in [0.1, 0.15) is 0 Å². The third-order valence-corrected chi connectivity index (χ3v) is 2.14. The summed E-state index contributed by atoms with van der Waals surface area (Å²) in [4.78, 5) is 0. The molecule has 11 heavy (non-hydrogen) atoms. The second-order valence-corrected chi connectivity index (χ2v) is 3.87. The molecular weight excluding hydrogens is 148 g/mol. The van der Waals surface area contributed by atoms with Crippen molar-refractivity contribution in [3.63, 3.8) is 0 Å². The van der Waals surface area contributed by atoms with Crippen LogP contribution in [0.3, 0.4) is 0 Å². The zero-order valence-corrected chi connectivity index (χ0v) is 7.62. The van der Waals surface area contributed by atoms with E-state index in [9.17, 15) is 8.78 Å². The number of halogens is 2. The Morgan fingerprint density at radius 2 is 1.64 bits per heavy atom. The molecule has 0 aromatic heterocycles. The van der Waals surface area contributed by atoms with Crippen LogP contribution in [0.15, 0.2) is 0 Å². The van der Waals surface area contributed by atoms with Gasteiger partial charge < -0.3 is 5.73 Å². The van der Waals surface area contributed by atoms with Gasteiger partial charge in [0.05, 0.1) is 0 Å². The predicted octanol–water partition coefficient (Wildman–Crippen LogP) is 2.26. The summed E-state index contributed by atoms with van der Waals surface area (Å²) in [5, 5.41) is 0. The van der Waals surface area contributed by atoms with Crippen molar-refractivity contribution in [3.8, 4) is 0 Å². The molecule has 0 radical (unpaired) electrons. The molecule has 0 amide bonds. The molecule has 68 valence electrons. The molecule has 0 spiro atoms. The van der Waals surface area contributed by atoms with Crippen LogP contribution in [0.25, 0.3) is 0 Å². The number of rotatable bonds is 3. The van der Waals surface area contributed by atoms with Gasteiger partial charge in [0.15, 0.2) is 0 Å². The SMILES string of the molecule is CC(C)C(F)(F)C(C)(C)CN. The summed E-state index contributed by atoms with van der Waals surface area (Å²) in [6, 6.07) is 0. The lowest BCUT2D eigenvalue weighted by Crippen LogP contribution is -2.45. The first-order chi connectivity index (χ1) is 4.75. The molecule has 0 aromatic rings. The summed E-state index contributed by atoms with van der Waals surface area (Å²) in [6.45, 7) is 6.02. The van der Waals surface area contributed by atoms with Gasteiger partial charge in [-0.05, 0) is 0 Å². The molecular formula is C8H17F2N. The van der Waals surface area contributed by atoms with Crippen LogP contribution >= 0.6 is 0 Å². The largest absolute Gasteiger partial charge is 0.330 e. The second kappa shape index (κ2) is 3.05. The zero-order valence-electron chi connectivity index (χ0n) is 7.62. The summed E-state index contributed by atoms with van der Waals surface area (Å²) in [5.74, 6) is -3.33. The molecule has 1 nitrogen and oxygen atoms in total. The second-order valence-electron chi connectivity index (χ2n) is 3.87. The van der Waals surface area contributed by atoms with E-state index < -0.39 is 17.3 Å². The van der Waals surface area contributed by atoms with Gasteiger partial charge in [-0.2, -0.15) is 0 Å². The van der Waals surface area contributed by atoms with Crippen molar-refractivity contribution in [1.82, 2.24) is 0 Å². The van der Waals surface area contributed by atoms with Crippen molar-refractivity contribution < 1.29 is 8.78 Å². The lowest BCUT2D eigenvalue weighted by atomic mass is 9.80. The van der Waals surface area contributed by atoms with Gasteiger partial charge in [0.2, 0.25) is 0 Å². The Hall–Kier alpha value is -0.180. The highest BCUT2D eigenvalue weighted by Gasteiger charge is 2.47. The summed E-state index contributed by atoms with van der Waals surface area (Å²) >= 11 is 0. The minimum Gasteiger partial charge on any atom is -0.330 e. The fourth-order valence-electron chi connectivity index (χ4n) is 0.918. The topological polar surface area (TPSA) is 26.0 Å². The van der Waals surface area contributed by atoms with Crippen molar-refractivity contribution in [2.24, 2.45) is 17.1 Å². The number of alkyl halides is 2. The fraction of sp³-hybridized carbons (Fsp3) is 1.00. The monoisotopic (exact) mass is 165 g/mol. The maximum Gasteiger partial charge on any atom is 0.256 e. The Balaban J connectivity index is 4.53. The average Bonchev–Trinajstić information content (AvgIpc) is 1.87. The molecule has 0 saturated carbocycles. The first-order valence-electron chi connectivity index (χ1n) is 3.83. The smallest absolute Gasteiger partial charge is 0.256 e. The van der Waals surface area contributed by atoms with Crippen molar-refractivity contribution in [2.75, 3.05) is 6.54 Å². The molecule has 0 atom stereocenters. The highest BCUT2D eigenvalue weighted by atomic mass is 19.3. The van der Waals surface area contributed by atoms with Crippen molar-refractivity contribution in [2.45, 2.75) is 33.6 Å². The Kier molecular flexibility index (Phi) is 3.00. The molecule has 0 aromatic carbocycles. The van der Waals surface area contributed by atoms with Gasteiger partial charge in [0.25, 0.3) is 5.92 Å². The lowest BCUT2D eigenvalue weighted by molar-refractivity contribution is -0.136. The molecule has 0 unspecified atom stereocenters. The summed E-state index contributed by atoms with van der Waals surface area (Å²) in [7, 11) is 0. The molecule has 0 saturated heterocycles. The van der Waals surface area contributed by atoms with Crippen LogP contribution in [0, 0.1) is 11.3 Å². The van der Waals surface area contributed by atoms with Crippen LogP contribution in [-0.2, 0) is 0 Å². The van der Waals surface area contributed by atoms with Crippen LogP contribution in [0.5, 0.6) is 0 Å². The number of hydrogen-bond acceptors (Lipinski definition) is 1. The molecule has 0 aliphatic carbocycles. The first-order valence-corrected chi connectivity index (χ1v) is 3.83. The standard InChI is InChI=1S/C8H17F2N/c1-6(2)8(9,10)7(3,4)5-11/h6H,5,11H2,1-4H3. The molecule has 0 fully saturated rings.